The minimum atomic E-state index is -1.15. The van der Waals surface area contributed by atoms with Gasteiger partial charge in [-0.1, -0.05) is 19.3 Å². The number of nitrogens with two attached hydrogens (primary N) is 1. The first-order chi connectivity index (χ1) is 9.90. The van der Waals surface area contributed by atoms with Crippen LogP contribution in [0.15, 0.2) is 11.3 Å². The molecule has 0 aliphatic heterocycles. The standard InChI is InChI=1S/C15H22N2O4/c1-3-21-14(20)12(10(2)18)15(7-5-4-6-8-15)11(9-16)13(17)19/h11,18H,3-8H2,1-2H3,(H2,17,19)/b12-10-/t11-/m1/s1. The Balaban J connectivity index is 3.41. The smallest absolute Gasteiger partial charge is 0.338 e. The second kappa shape index (κ2) is 7.11. The molecule has 6 nitrogen and oxygen atoms in total. The maximum absolute atomic E-state index is 12.2. The lowest BCUT2D eigenvalue weighted by molar-refractivity contribution is -0.141. The van der Waals surface area contributed by atoms with Gasteiger partial charge in [-0.2, -0.15) is 5.26 Å². The topological polar surface area (TPSA) is 113 Å². The molecule has 6 heteroatoms. The lowest BCUT2D eigenvalue weighted by Gasteiger charge is -2.40. The van der Waals surface area contributed by atoms with Crippen LogP contribution in [0.5, 0.6) is 0 Å². The van der Waals surface area contributed by atoms with Crippen molar-refractivity contribution in [2.45, 2.75) is 46.0 Å². The number of nitriles is 1. The summed E-state index contributed by atoms with van der Waals surface area (Å²) in [6.07, 6.45) is 3.41. The van der Waals surface area contributed by atoms with Crippen molar-refractivity contribution in [3.8, 4) is 6.07 Å². The van der Waals surface area contributed by atoms with Crippen molar-refractivity contribution < 1.29 is 19.4 Å². The highest BCUT2D eigenvalue weighted by Crippen LogP contribution is 2.49. The predicted octanol–water partition coefficient (Wildman–Crippen LogP) is 1.96. The molecule has 1 fully saturated rings. The number of esters is 1. The third kappa shape index (κ3) is 3.35. The van der Waals surface area contributed by atoms with Gasteiger partial charge in [0.15, 0.2) is 0 Å². The van der Waals surface area contributed by atoms with Crippen LogP contribution in [0.1, 0.15) is 46.0 Å². The Labute approximate surface area is 124 Å². The molecule has 1 aliphatic carbocycles. The van der Waals surface area contributed by atoms with Crippen molar-refractivity contribution in [1.82, 2.24) is 0 Å². The number of amides is 1. The molecule has 1 rings (SSSR count). The van der Waals surface area contributed by atoms with E-state index in [9.17, 15) is 20.0 Å². The lowest BCUT2D eigenvalue weighted by atomic mass is 9.61. The van der Waals surface area contributed by atoms with Crippen molar-refractivity contribution >= 4 is 11.9 Å². The van der Waals surface area contributed by atoms with Crippen LogP contribution in [-0.4, -0.2) is 23.6 Å². The zero-order valence-electron chi connectivity index (χ0n) is 12.5. The summed E-state index contributed by atoms with van der Waals surface area (Å²) in [5.74, 6) is -2.82. The fourth-order valence-corrected chi connectivity index (χ4v) is 3.24. The first-order valence-corrected chi connectivity index (χ1v) is 7.17. The van der Waals surface area contributed by atoms with Crippen LogP contribution in [0.2, 0.25) is 0 Å². The van der Waals surface area contributed by atoms with Crippen LogP contribution in [0.4, 0.5) is 0 Å². The SMILES string of the molecule is CCOC(=O)/C(=C(\C)O)C1([C@H](C#N)C(N)=O)CCCCC1. The highest BCUT2D eigenvalue weighted by atomic mass is 16.5. The summed E-state index contributed by atoms with van der Waals surface area (Å²) in [7, 11) is 0. The number of hydrogen-bond donors (Lipinski definition) is 2. The molecule has 1 saturated carbocycles. The van der Waals surface area contributed by atoms with Crippen molar-refractivity contribution in [1.29, 1.82) is 5.26 Å². The molecule has 0 aromatic rings. The summed E-state index contributed by atoms with van der Waals surface area (Å²) in [5, 5.41) is 19.3. The Hall–Kier alpha value is -2.03. The number of nitrogens with zero attached hydrogens (tertiary/aromatic N) is 1. The first-order valence-electron chi connectivity index (χ1n) is 7.17. The highest BCUT2D eigenvalue weighted by molar-refractivity contribution is 5.93. The van der Waals surface area contributed by atoms with Crippen molar-refractivity contribution in [3.63, 3.8) is 0 Å². The van der Waals surface area contributed by atoms with Crippen molar-refractivity contribution in [2.24, 2.45) is 17.1 Å². The van der Waals surface area contributed by atoms with Crippen molar-refractivity contribution in [2.75, 3.05) is 6.61 Å². The van der Waals surface area contributed by atoms with E-state index in [1.165, 1.54) is 6.92 Å². The number of aliphatic hydroxyl groups excluding tert-OH is 1. The normalized spacial score (nSPS) is 19.9. The second-order valence-electron chi connectivity index (χ2n) is 5.36. The minimum Gasteiger partial charge on any atom is -0.512 e. The van der Waals surface area contributed by atoms with Crippen LogP contribution in [-0.2, 0) is 14.3 Å². The van der Waals surface area contributed by atoms with Gasteiger partial charge < -0.3 is 15.6 Å². The molecule has 0 unspecified atom stereocenters. The van der Waals surface area contributed by atoms with Gasteiger partial charge in [0, 0.05) is 5.41 Å². The second-order valence-corrected chi connectivity index (χ2v) is 5.36. The maximum atomic E-state index is 12.2. The van der Waals surface area contributed by atoms with Gasteiger partial charge in [0.05, 0.1) is 18.2 Å². The van der Waals surface area contributed by atoms with E-state index in [1.807, 2.05) is 6.07 Å². The molecule has 1 aliphatic rings. The Morgan fingerprint density at radius 2 is 1.95 bits per heavy atom. The van der Waals surface area contributed by atoms with Crippen LogP contribution in [0.3, 0.4) is 0 Å². The molecule has 0 radical (unpaired) electrons. The number of rotatable bonds is 5. The van der Waals surface area contributed by atoms with E-state index in [4.69, 9.17) is 10.5 Å². The van der Waals surface area contributed by atoms with Gasteiger partial charge >= 0.3 is 5.97 Å². The predicted molar refractivity (Wildman–Crippen MR) is 75.8 cm³/mol. The van der Waals surface area contributed by atoms with Crippen LogP contribution in [0, 0.1) is 22.7 Å². The molecule has 0 saturated heterocycles. The van der Waals surface area contributed by atoms with Gasteiger partial charge in [-0.3, -0.25) is 4.79 Å². The summed E-state index contributed by atoms with van der Waals surface area (Å²) in [5.41, 5.74) is 4.33. The van der Waals surface area contributed by atoms with E-state index in [2.05, 4.69) is 0 Å². The number of carbonyl (C=O) groups is 2. The van der Waals surface area contributed by atoms with Crippen LogP contribution < -0.4 is 5.73 Å². The van der Waals surface area contributed by atoms with Gasteiger partial charge in [0.25, 0.3) is 0 Å². The van der Waals surface area contributed by atoms with E-state index in [0.29, 0.717) is 12.8 Å². The Morgan fingerprint density at radius 3 is 2.33 bits per heavy atom. The quantitative estimate of drug-likeness (QED) is 0.457. The van der Waals surface area contributed by atoms with Gasteiger partial charge in [0.1, 0.15) is 11.7 Å². The molecule has 116 valence electrons. The molecular formula is C15H22N2O4. The molecule has 21 heavy (non-hydrogen) atoms. The van der Waals surface area contributed by atoms with Gasteiger partial charge in [-0.05, 0) is 26.7 Å². The molecule has 0 aromatic heterocycles. The average molecular weight is 294 g/mol. The molecule has 1 atom stereocenters. The number of aliphatic hydroxyl groups is 1. The Morgan fingerprint density at radius 1 is 1.38 bits per heavy atom. The average Bonchev–Trinajstić information content (AvgIpc) is 2.39. The monoisotopic (exact) mass is 294 g/mol. The zero-order chi connectivity index (χ0) is 16.0. The van der Waals surface area contributed by atoms with Crippen LogP contribution in [0.25, 0.3) is 0 Å². The van der Waals surface area contributed by atoms with E-state index in [1.54, 1.807) is 6.92 Å². The van der Waals surface area contributed by atoms with E-state index in [-0.39, 0.29) is 17.9 Å². The number of hydrogen-bond acceptors (Lipinski definition) is 5. The molecule has 0 aromatic carbocycles. The third-order valence-electron chi connectivity index (χ3n) is 4.05. The number of allylic oxidation sites excluding steroid dienone is 1. The zero-order valence-corrected chi connectivity index (χ0v) is 12.5. The molecule has 0 heterocycles. The summed E-state index contributed by atoms with van der Waals surface area (Å²) in [4.78, 5) is 23.9. The van der Waals surface area contributed by atoms with Gasteiger partial charge in [-0.25, -0.2) is 4.79 Å². The van der Waals surface area contributed by atoms with Crippen LogP contribution >= 0.6 is 0 Å². The molecule has 3 N–H and O–H groups in total. The summed E-state index contributed by atoms with van der Waals surface area (Å²) in [6.45, 7) is 3.18. The number of ether oxygens (including phenoxy) is 1. The maximum Gasteiger partial charge on any atom is 0.338 e. The Kier molecular flexibility index (Phi) is 5.77. The largest absolute Gasteiger partial charge is 0.512 e. The summed E-state index contributed by atoms with van der Waals surface area (Å²) >= 11 is 0. The van der Waals surface area contributed by atoms with Gasteiger partial charge in [0.2, 0.25) is 5.91 Å². The fourth-order valence-electron chi connectivity index (χ4n) is 3.24. The fraction of sp³-hybridized carbons (Fsp3) is 0.667. The van der Waals surface area contributed by atoms with Crippen molar-refractivity contribution in [3.05, 3.63) is 11.3 Å². The first kappa shape index (κ1) is 17.0. The highest BCUT2D eigenvalue weighted by Gasteiger charge is 2.50. The Bertz CT molecular complexity index is 480. The number of primary amides is 1. The molecule has 0 spiro atoms. The van der Waals surface area contributed by atoms with E-state index >= 15 is 0 Å². The van der Waals surface area contributed by atoms with E-state index < -0.39 is 23.2 Å². The summed E-state index contributed by atoms with van der Waals surface area (Å²) < 4.78 is 5.00. The van der Waals surface area contributed by atoms with Gasteiger partial charge in [-0.15, -0.1) is 0 Å². The summed E-state index contributed by atoms with van der Waals surface area (Å²) in [6, 6.07) is 1.92. The van der Waals surface area contributed by atoms with E-state index in [0.717, 1.165) is 19.3 Å². The lowest BCUT2D eigenvalue weighted by Crippen LogP contribution is -2.44. The minimum absolute atomic E-state index is 0.0226. The molecular weight excluding hydrogens is 272 g/mol. The third-order valence-corrected chi connectivity index (χ3v) is 4.05. The number of carbonyl (C=O) groups excluding carboxylic acids is 2. The molecule has 0 bridgehead atoms. The molecule has 1 amide bonds.